The molecule has 2 heterocycles. The molecule has 136 valence electrons. The predicted molar refractivity (Wildman–Crippen MR) is 102 cm³/mol. The Kier molecular flexibility index (Phi) is 5.79. The van der Waals surface area contributed by atoms with Gasteiger partial charge in [-0.15, -0.1) is 0 Å². The van der Waals surface area contributed by atoms with Crippen LogP contribution in [0.5, 0.6) is 0 Å². The van der Waals surface area contributed by atoms with Crippen LogP contribution in [0.25, 0.3) is 0 Å². The van der Waals surface area contributed by atoms with E-state index in [9.17, 15) is 14.9 Å². The molecular formula is C17H18BrN5O3. The number of para-hydroxylation sites is 1. The fourth-order valence-electron chi connectivity index (χ4n) is 2.85. The molecule has 1 saturated heterocycles. The minimum atomic E-state index is -0.417. The molecule has 8 nitrogen and oxygen atoms in total. The van der Waals surface area contributed by atoms with Gasteiger partial charge in [-0.2, -0.15) is 0 Å². The van der Waals surface area contributed by atoms with Crippen LogP contribution in [-0.4, -0.2) is 53.4 Å². The summed E-state index contributed by atoms with van der Waals surface area (Å²) < 4.78 is 0.834. The van der Waals surface area contributed by atoms with Crippen molar-refractivity contribution in [3.05, 3.63) is 57.2 Å². The van der Waals surface area contributed by atoms with Crippen LogP contribution in [0.15, 0.2) is 47.1 Å². The number of pyridine rings is 1. The standard InChI is InChI=1S/C17H18BrN5O3/c18-13-4-1-2-5-14(13)20-16(24)12-21-8-10-22(11-9-21)17-15(23(25)26)6-3-7-19-17/h1-7H,8-12H2,(H,20,24). The SMILES string of the molecule is O=C(CN1CCN(c2ncccc2[N+](=O)[O-])CC1)Nc1ccccc1Br. The van der Waals surface area contributed by atoms with Crippen molar-refractivity contribution in [2.45, 2.75) is 0 Å². The monoisotopic (exact) mass is 419 g/mol. The maximum Gasteiger partial charge on any atom is 0.311 e. The van der Waals surface area contributed by atoms with Gasteiger partial charge in [0.05, 0.1) is 17.2 Å². The Hall–Kier alpha value is -2.52. The molecular weight excluding hydrogens is 402 g/mol. The molecule has 1 fully saturated rings. The van der Waals surface area contributed by atoms with Gasteiger partial charge in [-0.1, -0.05) is 12.1 Å². The number of aromatic nitrogens is 1. The number of halogens is 1. The average Bonchev–Trinajstić information content (AvgIpc) is 2.64. The zero-order valence-electron chi connectivity index (χ0n) is 14.0. The van der Waals surface area contributed by atoms with Crippen LogP contribution in [0.2, 0.25) is 0 Å². The summed E-state index contributed by atoms with van der Waals surface area (Å²) in [4.78, 5) is 31.0. The van der Waals surface area contributed by atoms with Crippen molar-refractivity contribution in [2.24, 2.45) is 0 Å². The summed E-state index contributed by atoms with van der Waals surface area (Å²) in [6.07, 6.45) is 1.56. The van der Waals surface area contributed by atoms with Crippen LogP contribution in [0.3, 0.4) is 0 Å². The second-order valence-electron chi connectivity index (χ2n) is 5.89. The zero-order valence-corrected chi connectivity index (χ0v) is 15.6. The maximum atomic E-state index is 12.2. The highest BCUT2D eigenvalue weighted by molar-refractivity contribution is 9.10. The van der Waals surface area contributed by atoms with E-state index < -0.39 is 4.92 Å². The first-order valence-electron chi connectivity index (χ1n) is 8.15. The summed E-state index contributed by atoms with van der Waals surface area (Å²) >= 11 is 3.41. The van der Waals surface area contributed by atoms with Crippen molar-refractivity contribution in [1.82, 2.24) is 9.88 Å². The van der Waals surface area contributed by atoms with E-state index in [1.165, 1.54) is 6.07 Å². The smallest absolute Gasteiger partial charge is 0.311 e. The lowest BCUT2D eigenvalue weighted by molar-refractivity contribution is -0.384. The molecule has 0 bridgehead atoms. The van der Waals surface area contributed by atoms with E-state index >= 15 is 0 Å². The normalized spacial score (nSPS) is 14.9. The van der Waals surface area contributed by atoms with E-state index in [-0.39, 0.29) is 18.1 Å². The van der Waals surface area contributed by atoms with Gasteiger partial charge in [-0.3, -0.25) is 19.8 Å². The van der Waals surface area contributed by atoms with Gasteiger partial charge < -0.3 is 10.2 Å². The van der Waals surface area contributed by atoms with Crippen molar-refractivity contribution in [3.63, 3.8) is 0 Å². The van der Waals surface area contributed by atoms with Crippen molar-refractivity contribution in [3.8, 4) is 0 Å². The summed E-state index contributed by atoms with van der Waals surface area (Å²) in [5.41, 5.74) is 0.743. The number of carbonyl (C=O) groups excluding carboxylic acids is 1. The van der Waals surface area contributed by atoms with Crippen molar-refractivity contribution in [1.29, 1.82) is 0 Å². The number of piperazine rings is 1. The summed E-state index contributed by atoms with van der Waals surface area (Å²) in [6, 6.07) is 10.5. The van der Waals surface area contributed by atoms with Crippen LogP contribution in [-0.2, 0) is 4.79 Å². The Bertz CT molecular complexity index is 808. The van der Waals surface area contributed by atoms with Crippen LogP contribution < -0.4 is 10.2 Å². The number of nitro groups is 1. The number of nitrogens with zero attached hydrogens (tertiary/aromatic N) is 4. The Morgan fingerprint density at radius 2 is 1.92 bits per heavy atom. The number of hydrogen-bond acceptors (Lipinski definition) is 6. The van der Waals surface area contributed by atoms with Crippen LogP contribution in [0.4, 0.5) is 17.2 Å². The highest BCUT2D eigenvalue weighted by Gasteiger charge is 2.25. The van der Waals surface area contributed by atoms with Crippen molar-refractivity contribution >= 4 is 39.0 Å². The summed E-state index contributed by atoms with van der Waals surface area (Å²) in [5.74, 6) is 0.295. The zero-order chi connectivity index (χ0) is 18.5. The van der Waals surface area contributed by atoms with E-state index in [0.717, 1.165) is 10.2 Å². The third kappa shape index (κ3) is 4.36. The summed E-state index contributed by atoms with van der Waals surface area (Å²) in [5, 5.41) is 14.0. The van der Waals surface area contributed by atoms with Gasteiger partial charge in [0.1, 0.15) is 0 Å². The second kappa shape index (κ2) is 8.24. The van der Waals surface area contributed by atoms with Gasteiger partial charge >= 0.3 is 5.69 Å². The Balaban J connectivity index is 1.55. The fourth-order valence-corrected chi connectivity index (χ4v) is 3.23. The van der Waals surface area contributed by atoms with E-state index in [1.807, 2.05) is 34.1 Å². The number of hydrogen-bond donors (Lipinski definition) is 1. The molecule has 1 amide bonds. The van der Waals surface area contributed by atoms with Gasteiger partial charge in [-0.05, 0) is 34.1 Å². The van der Waals surface area contributed by atoms with Gasteiger partial charge in [0.15, 0.2) is 0 Å². The molecule has 0 radical (unpaired) electrons. The number of amides is 1. The number of carbonyl (C=O) groups is 1. The molecule has 0 atom stereocenters. The summed E-state index contributed by atoms with van der Waals surface area (Å²) in [7, 11) is 0. The number of nitrogens with one attached hydrogen (secondary N) is 1. The lowest BCUT2D eigenvalue weighted by Gasteiger charge is -2.34. The topological polar surface area (TPSA) is 91.6 Å². The molecule has 1 N–H and O–H groups in total. The van der Waals surface area contributed by atoms with Gasteiger partial charge in [0, 0.05) is 42.9 Å². The molecule has 26 heavy (non-hydrogen) atoms. The highest BCUT2D eigenvalue weighted by atomic mass is 79.9. The van der Waals surface area contributed by atoms with E-state index in [0.29, 0.717) is 32.0 Å². The van der Waals surface area contributed by atoms with Crippen LogP contribution in [0, 0.1) is 10.1 Å². The minimum Gasteiger partial charge on any atom is -0.348 e. The van der Waals surface area contributed by atoms with E-state index in [4.69, 9.17) is 0 Å². The van der Waals surface area contributed by atoms with E-state index in [2.05, 4.69) is 26.2 Å². The molecule has 1 aliphatic rings. The molecule has 3 rings (SSSR count). The molecule has 0 unspecified atom stereocenters. The first-order chi connectivity index (χ1) is 12.5. The predicted octanol–water partition coefficient (Wildman–Crippen LogP) is 2.51. The average molecular weight is 420 g/mol. The molecule has 0 saturated carbocycles. The van der Waals surface area contributed by atoms with Crippen LogP contribution in [0.1, 0.15) is 0 Å². The molecule has 1 aromatic carbocycles. The quantitative estimate of drug-likeness (QED) is 0.591. The van der Waals surface area contributed by atoms with Gasteiger partial charge in [0.25, 0.3) is 0 Å². The number of benzene rings is 1. The summed E-state index contributed by atoms with van der Waals surface area (Å²) in [6.45, 7) is 2.72. The molecule has 1 aliphatic heterocycles. The number of rotatable bonds is 5. The minimum absolute atomic E-state index is 0.00706. The maximum absolute atomic E-state index is 12.2. The fraction of sp³-hybridized carbons (Fsp3) is 0.294. The molecule has 2 aromatic rings. The molecule has 9 heteroatoms. The van der Waals surface area contributed by atoms with Crippen molar-refractivity contribution in [2.75, 3.05) is 42.9 Å². The first-order valence-corrected chi connectivity index (χ1v) is 8.95. The second-order valence-corrected chi connectivity index (χ2v) is 6.75. The Morgan fingerprint density at radius 3 is 2.62 bits per heavy atom. The number of anilines is 2. The lowest BCUT2D eigenvalue weighted by Crippen LogP contribution is -2.49. The van der Waals surface area contributed by atoms with Crippen LogP contribution >= 0.6 is 15.9 Å². The molecule has 1 aromatic heterocycles. The van der Waals surface area contributed by atoms with Gasteiger partial charge in [-0.25, -0.2) is 4.98 Å². The molecule has 0 spiro atoms. The lowest BCUT2D eigenvalue weighted by atomic mass is 10.2. The highest BCUT2D eigenvalue weighted by Crippen LogP contribution is 2.25. The Morgan fingerprint density at radius 1 is 1.19 bits per heavy atom. The van der Waals surface area contributed by atoms with Crippen molar-refractivity contribution < 1.29 is 9.72 Å². The third-order valence-electron chi connectivity index (χ3n) is 4.15. The largest absolute Gasteiger partial charge is 0.348 e. The third-order valence-corrected chi connectivity index (χ3v) is 4.84. The first kappa shape index (κ1) is 18.3. The Labute approximate surface area is 159 Å². The van der Waals surface area contributed by atoms with Gasteiger partial charge in [0.2, 0.25) is 11.7 Å². The van der Waals surface area contributed by atoms with E-state index in [1.54, 1.807) is 12.3 Å². The molecule has 0 aliphatic carbocycles.